The average Bonchev–Trinajstić information content (AvgIpc) is 3.07. The lowest BCUT2D eigenvalue weighted by Gasteiger charge is -2.30. The maximum absolute atomic E-state index is 3.67. The van der Waals surface area contributed by atoms with Gasteiger partial charge < -0.3 is 5.32 Å². The van der Waals surface area contributed by atoms with Crippen molar-refractivity contribution in [1.29, 1.82) is 0 Å². The zero-order chi connectivity index (χ0) is 10.3. The first kappa shape index (κ1) is 9.65. The number of fused-ring (bicyclic) bond motifs is 1. The molecule has 3 rings (SSSR count). The normalized spacial score (nSPS) is 40.6. The number of hydrogen-bond donors (Lipinski definition) is 1. The average molecular weight is 203 g/mol. The van der Waals surface area contributed by atoms with E-state index in [2.05, 4.69) is 30.5 Å². The van der Waals surface area contributed by atoms with Crippen LogP contribution < -0.4 is 5.32 Å². The number of allylic oxidation sites excluding steroid dienone is 3. The van der Waals surface area contributed by atoms with Crippen molar-refractivity contribution in [3.63, 3.8) is 0 Å². The van der Waals surface area contributed by atoms with Gasteiger partial charge in [-0.05, 0) is 49.1 Å². The molecule has 0 bridgehead atoms. The van der Waals surface area contributed by atoms with Gasteiger partial charge in [-0.25, -0.2) is 0 Å². The number of hydrogen-bond acceptors (Lipinski definition) is 1. The molecule has 0 aromatic heterocycles. The zero-order valence-corrected chi connectivity index (χ0v) is 9.58. The van der Waals surface area contributed by atoms with E-state index in [-0.39, 0.29) is 0 Å². The van der Waals surface area contributed by atoms with Gasteiger partial charge in [0.1, 0.15) is 0 Å². The van der Waals surface area contributed by atoms with E-state index >= 15 is 0 Å². The molecule has 4 unspecified atom stereocenters. The molecule has 4 atom stereocenters. The van der Waals surface area contributed by atoms with Crippen LogP contribution in [0.4, 0.5) is 0 Å². The minimum Gasteiger partial charge on any atom is -0.313 e. The van der Waals surface area contributed by atoms with Crippen molar-refractivity contribution < 1.29 is 0 Å². The van der Waals surface area contributed by atoms with E-state index in [1.165, 1.54) is 32.2 Å². The molecule has 1 heteroatoms. The summed E-state index contributed by atoms with van der Waals surface area (Å²) in [6.07, 6.45) is 12.9. The summed E-state index contributed by atoms with van der Waals surface area (Å²) >= 11 is 0. The quantitative estimate of drug-likeness (QED) is 0.727. The molecular weight excluding hydrogens is 182 g/mol. The van der Waals surface area contributed by atoms with Gasteiger partial charge in [-0.2, -0.15) is 0 Å². The van der Waals surface area contributed by atoms with Gasteiger partial charge in [0.05, 0.1) is 0 Å². The SMILES string of the molecule is CC(C1=CC2CC2C=C1)C1CCCCN1. The van der Waals surface area contributed by atoms with Crippen molar-refractivity contribution in [2.75, 3.05) is 6.54 Å². The number of piperidine rings is 1. The van der Waals surface area contributed by atoms with Crippen LogP contribution in [0, 0.1) is 17.8 Å². The zero-order valence-electron chi connectivity index (χ0n) is 9.58. The minimum atomic E-state index is 0.711. The molecule has 0 aromatic carbocycles. The third-order valence-electron chi connectivity index (χ3n) is 4.31. The highest BCUT2D eigenvalue weighted by Crippen LogP contribution is 2.45. The minimum absolute atomic E-state index is 0.711. The molecule has 2 aliphatic carbocycles. The molecule has 0 amide bonds. The maximum Gasteiger partial charge on any atom is 0.0133 e. The van der Waals surface area contributed by atoms with Gasteiger partial charge >= 0.3 is 0 Å². The van der Waals surface area contributed by atoms with Gasteiger partial charge in [-0.3, -0.25) is 0 Å². The van der Waals surface area contributed by atoms with E-state index < -0.39 is 0 Å². The van der Waals surface area contributed by atoms with Crippen LogP contribution in [0.15, 0.2) is 23.8 Å². The molecule has 1 nitrogen and oxygen atoms in total. The van der Waals surface area contributed by atoms with Gasteiger partial charge in [0.15, 0.2) is 0 Å². The Bertz CT molecular complexity index is 296. The number of rotatable bonds is 2. The van der Waals surface area contributed by atoms with Crippen LogP contribution in [0.25, 0.3) is 0 Å². The Kier molecular flexibility index (Phi) is 2.44. The Balaban J connectivity index is 1.67. The van der Waals surface area contributed by atoms with Crippen molar-refractivity contribution >= 4 is 0 Å². The van der Waals surface area contributed by atoms with Crippen LogP contribution in [0.5, 0.6) is 0 Å². The van der Waals surface area contributed by atoms with Crippen LogP contribution in [-0.2, 0) is 0 Å². The summed E-state index contributed by atoms with van der Waals surface area (Å²) in [5.74, 6) is 2.51. The Labute approximate surface area is 92.6 Å². The highest BCUT2D eigenvalue weighted by Gasteiger charge is 2.36. The molecule has 0 radical (unpaired) electrons. The van der Waals surface area contributed by atoms with Crippen molar-refractivity contribution in [2.45, 2.75) is 38.6 Å². The second-order valence-corrected chi connectivity index (χ2v) is 5.43. The van der Waals surface area contributed by atoms with Crippen molar-refractivity contribution in [3.05, 3.63) is 23.8 Å². The summed E-state index contributed by atoms with van der Waals surface area (Å²) in [6, 6.07) is 0.727. The van der Waals surface area contributed by atoms with Crippen molar-refractivity contribution in [3.8, 4) is 0 Å². The highest BCUT2D eigenvalue weighted by atomic mass is 14.9. The summed E-state index contributed by atoms with van der Waals surface area (Å²) in [4.78, 5) is 0. The lowest BCUT2D eigenvalue weighted by atomic mass is 9.85. The van der Waals surface area contributed by atoms with Gasteiger partial charge in [0.2, 0.25) is 0 Å². The smallest absolute Gasteiger partial charge is 0.0133 e. The third-order valence-corrected chi connectivity index (χ3v) is 4.31. The first-order chi connectivity index (χ1) is 7.34. The topological polar surface area (TPSA) is 12.0 Å². The largest absolute Gasteiger partial charge is 0.313 e. The van der Waals surface area contributed by atoms with Gasteiger partial charge in [0, 0.05) is 6.04 Å². The van der Waals surface area contributed by atoms with Crippen LogP contribution in [-0.4, -0.2) is 12.6 Å². The summed E-state index contributed by atoms with van der Waals surface area (Å²) in [5, 5.41) is 3.67. The molecule has 1 N–H and O–H groups in total. The Morgan fingerprint density at radius 3 is 3.00 bits per heavy atom. The lowest BCUT2D eigenvalue weighted by molar-refractivity contribution is 0.339. The summed E-state index contributed by atoms with van der Waals surface area (Å²) in [6.45, 7) is 3.61. The van der Waals surface area contributed by atoms with E-state index in [0.29, 0.717) is 5.92 Å². The number of nitrogens with one attached hydrogen (secondary N) is 1. The fraction of sp³-hybridized carbons (Fsp3) is 0.714. The van der Waals surface area contributed by atoms with Crippen LogP contribution in [0.3, 0.4) is 0 Å². The van der Waals surface area contributed by atoms with Crippen LogP contribution in [0.1, 0.15) is 32.6 Å². The molecule has 3 aliphatic rings. The van der Waals surface area contributed by atoms with E-state index in [9.17, 15) is 0 Å². The molecule has 1 saturated heterocycles. The molecule has 2 fully saturated rings. The highest BCUT2D eigenvalue weighted by molar-refractivity contribution is 5.33. The van der Waals surface area contributed by atoms with E-state index in [4.69, 9.17) is 0 Å². The Morgan fingerprint density at radius 1 is 1.33 bits per heavy atom. The monoisotopic (exact) mass is 203 g/mol. The lowest BCUT2D eigenvalue weighted by Crippen LogP contribution is -2.39. The molecule has 0 aromatic rings. The fourth-order valence-corrected chi connectivity index (χ4v) is 3.03. The first-order valence-electron chi connectivity index (χ1n) is 6.48. The third kappa shape index (κ3) is 1.90. The molecule has 1 saturated carbocycles. The maximum atomic E-state index is 3.67. The van der Waals surface area contributed by atoms with Gasteiger partial charge in [-0.1, -0.05) is 31.6 Å². The fourth-order valence-electron chi connectivity index (χ4n) is 3.03. The van der Waals surface area contributed by atoms with Crippen LogP contribution >= 0.6 is 0 Å². The van der Waals surface area contributed by atoms with Crippen LogP contribution in [0.2, 0.25) is 0 Å². The summed E-state index contributed by atoms with van der Waals surface area (Å²) in [5.41, 5.74) is 1.59. The predicted molar refractivity (Wildman–Crippen MR) is 63.6 cm³/mol. The Morgan fingerprint density at radius 2 is 2.27 bits per heavy atom. The van der Waals surface area contributed by atoms with Crippen molar-refractivity contribution in [1.82, 2.24) is 5.32 Å². The summed E-state index contributed by atoms with van der Waals surface area (Å²) in [7, 11) is 0. The van der Waals surface area contributed by atoms with Gasteiger partial charge in [-0.15, -0.1) is 0 Å². The summed E-state index contributed by atoms with van der Waals surface area (Å²) < 4.78 is 0. The second kappa shape index (κ2) is 3.79. The van der Waals surface area contributed by atoms with Gasteiger partial charge in [0.25, 0.3) is 0 Å². The second-order valence-electron chi connectivity index (χ2n) is 5.43. The molecule has 0 spiro atoms. The van der Waals surface area contributed by atoms with E-state index in [1.54, 1.807) is 5.57 Å². The molecule has 1 aliphatic heterocycles. The van der Waals surface area contributed by atoms with E-state index in [1.807, 2.05) is 0 Å². The molecule has 15 heavy (non-hydrogen) atoms. The molecule has 1 heterocycles. The first-order valence-corrected chi connectivity index (χ1v) is 6.48. The standard InChI is InChI=1S/C14H21N/c1-10(14-4-2-3-7-15-14)11-5-6-12-9-13(12)8-11/h5-6,8,10,12-15H,2-4,7,9H2,1H3. The predicted octanol–water partition coefficient (Wildman–Crippen LogP) is 2.90. The molecule has 82 valence electrons. The molecular formula is C14H21N. The Hall–Kier alpha value is -0.560. The van der Waals surface area contributed by atoms with Crippen molar-refractivity contribution in [2.24, 2.45) is 17.8 Å². The van der Waals surface area contributed by atoms with E-state index in [0.717, 1.165) is 17.9 Å².